The Balaban J connectivity index is 1.37. The van der Waals surface area contributed by atoms with E-state index in [0.717, 1.165) is 44.8 Å². The zero-order chi connectivity index (χ0) is 20.9. The Morgan fingerprint density at radius 3 is 2.37 bits per heavy atom. The predicted molar refractivity (Wildman–Crippen MR) is 114 cm³/mol. The summed E-state index contributed by atoms with van der Waals surface area (Å²) >= 11 is 0. The summed E-state index contributed by atoms with van der Waals surface area (Å²) in [5.41, 5.74) is 0.696. The molecule has 2 amide bonds. The lowest BCUT2D eigenvalue weighted by Crippen LogP contribution is -2.41. The Labute approximate surface area is 177 Å². The molecule has 0 aliphatic carbocycles. The molecule has 0 saturated carbocycles. The highest BCUT2D eigenvalue weighted by molar-refractivity contribution is 5.94. The summed E-state index contributed by atoms with van der Waals surface area (Å²) in [7, 11) is 0. The van der Waals surface area contributed by atoms with Crippen molar-refractivity contribution >= 4 is 11.8 Å². The summed E-state index contributed by atoms with van der Waals surface area (Å²) in [4.78, 5) is 32.6. The monoisotopic (exact) mass is 407 g/mol. The van der Waals surface area contributed by atoms with Crippen LogP contribution in [0.5, 0.6) is 5.75 Å². The highest BCUT2D eigenvalue weighted by Gasteiger charge is 2.40. The maximum absolute atomic E-state index is 12.7. The van der Waals surface area contributed by atoms with Gasteiger partial charge in [-0.15, -0.1) is 0 Å². The quantitative estimate of drug-likeness (QED) is 0.764. The van der Waals surface area contributed by atoms with Gasteiger partial charge in [-0.3, -0.25) is 14.6 Å². The molecule has 0 radical (unpaired) electrons. The first kappa shape index (κ1) is 20.4. The van der Waals surface area contributed by atoms with E-state index in [9.17, 15) is 9.59 Å². The van der Waals surface area contributed by atoms with E-state index < -0.39 is 0 Å². The molecular formula is C24H29N3O3. The van der Waals surface area contributed by atoms with E-state index in [1.165, 1.54) is 0 Å². The molecule has 2 fully saturated rings. The minimum Gasteiger partial charge on any atom is -0.493 e. The molecule has 6 nitrogen and oxygen atoms in total. The van der Waals surface area contributed by atoms with Crippen molar-refractivity contribution in [3.8, 4) is 5.75 Å². The molecule has 158 valence electrons. The molecule has 6 heteroatoms. The van der Waals surface area contributed by atoms with Crippen LogP contribution in [0.25, 0.3) is 0 Å². The largest absolute Gasteiger partial charge is 0.493 e. The average Bonchev–Trinajstić information content (AvgIpc) is 3.23. The molecule has 2 atom stereocenters. The van der Waals surface area contributed by atoms with Crippen molar-refractivity contribution in [1.82, 2.24) is 14.8 Å². The first-order chi connectivity index (χ1) is 14.6. The van der Waals surface area contributed by atoms with Gasteiger partial charge in [0.05, 0.1) is 6.61 Å². The number of carbonyl (C=O) groups is 2. The van der Waals surface area contributed by atoms with Crippen LogP contribution >= 0.6 is 0 Å². The fourth-order valence-electron chi connectivity index (χ4n) is 4.79. The van der Waals surface area contributed by atoms with Crippen LogP contribution in [0, 0.1) is 17.8 Å². The molecule has 1 aromatic heterocycles. The van der Waals surface area contributed by atoms with E-state index in [1.807, 2.05) is 40.1 Å². The van der Waals surface area contributed by atoms with E-state index in [4.69, 9.17) is 4.74 Å². The molecule has 0 bridgehead atoms. The number of hydrogen-bond donors (Lipinski definition) is 0. The molecule has 2 aromatic rings. The summed E-state index contributed by atoms with van der Waals surface area (Å²) in [5, 5.41) is 0. The number of para-hydroxylation sites is 1. The first-order valence-electron chi connectivity index (χ1n) is 10.7. The van der Waals surface area contributed by atoms with Gasteiger partial charge in [0.1, 0.15) is 5.75 Å². The Morgan fingerprint density at radius 1 is 1.00 bits per heavy atom. The second-order valence-electron chi connectivity index (χ2n) is 8.34. The van der Waals surface area contributed by atoms with Gasteiger partial charge >= 0.3 is 0 Å². The van der Waals surface area contributed by atoms with Crippen LogP contribution in [-0.2, 0) is 4.79 Å². The smallest absolute Gasteiger partial charge is 0.253 e. The summed E-state index contributed by atoms with van der Waals surface area (Å²) in [5.74, 6) is 2.32. The number of pyridine rings is 1. The van der Waals surface area contributed by atoms with E-state index in [2.05, 4.69) is 4.98 Å². The molecule has 30 heavy (non-hydrogen) atoms. The third kappa shape index (κ3) is 4.64. The SMILES string of the molecule is CC(=O)N1C[C@@H](COc2ccccc2)[C@H](C2CCN(C(=O)c3ccncc3)CC2)C1. The van der Waals surface area contributed by atoms with Crippen molar-refractivity contribution in [1.29, 1.82) is 0 Å². The van der Waals surface area contributed by atoms with E-state index in [0.29, 0.717) is 29.9 Å². The molecule has 0 N–H and O–H groups in total. The van der Waals surface area contributed by atoms with Gasteiger partial charge in [0.15, 0.2) is 0 Å². The molecule has 2 aliphatic rings. The fourth-order valence-corrected chi connectivity index (χ4v) is 4.79. The zero-order valence-electron chi connectivity index (χ0n) is 17.4. The number of carbonyl (C=O) groups excluding carboxylic acids is 2. The van der Waals surface area contributed by atoms with Gasteiger partial charge in [0, 0.05) is 57.0 Å². The van der Waals surface area contributed by atoms with Gasteiger partial charge in [0.2, 0.25) is 5.91 Å². The normalized spacial score (nSPS) is 22.2. The Kier molecular flexibility index (Phi) is 6.31. The van der Waals surface area contributed by atoms with Crippen molar-refractivity contribution < 1.29 is 14.3 Å². The number of hydrogen-bond acceptors (Lipinski definition) is 4. The lowest BCUT2D eigenvalue weighted by Gasteiger charge is -2.36. The second kappa shape index (κ2) is 9.28. The van der Waals surface area contributed by atoms with Crippen LogP contribution in [-0.4, -0.2) is 59.4 Å². The van der Waals surface area contributed by atoms with Crippen molar-refractivity contribution in [2.75, 3.05) is 32.8 Å². The van der Waals surface area contributed by atoms with Gasteiger partial charge in [-0.2, -0.15) is 0 Å². The first-order valence-corrected chi connectivity index (χ1v) is 10.7. The molecule has 0 unspecified atom stereocenters. The lowest BCUT2D eigenvalue weighted by molar-refractivity contribution is -0.128. The van der Waals surface area contributed by atoms with E-state index >= 15 is 0 Å². The maximum atomic E-state index is 12.7. The Morgan fingerprint density at radius 2 is 1.70 bits per heavy atom. The number of aromatic nitrogens is 1. The van der Waals surface area contributed by atoms with Crippen LogP contribution in [0.1, 0.15) is 30.1 Å². The van der Waals surface area contributed by atoms with Gasteiger partial charge in [-0.25, -0.2) is 0 Å². The summed E-state index contributed by atoms with van der Waals surface area (Å²) in [6.07, 6.45) is 5.25. The molecule has 1 aromatic carbocycles. The van der Waals surface area contributed by atoms with Crippen molar-refractivity contribution in [2.45, 2.75) is 19.8 Å². The number of piperidine rings is 1. The number of benzene rings is 1. The van der Waals surface area contributed by atoms with Crippen molar-refractivity contribution in [2.24, 2.45) is 17.8 Å². The highest BCUT2D eigenvalue weighted by Crippen LogP contribution is 2.36. The predicted octanol–water partition coefficient (Wildman–Crippen LogP) is 3.11. The third-order valence-corrected chi connectivity index (χ3v) is 6.50. The van der Waals surface area contributed by atoms with Crippen LogP contribution in [0.3, 0.4) is 0 Å². The van der Waals surface area contributed by atoms with Crippen molar-refractivity contribution in [3.05, 3.63) is 60.4 Å². The van der Waals surface area contributed by atoms with Crippen LogP contribution in [0.2, 0.25) is 0 Å². The molecule has 3 heterocycles. The molecule has 2 aliphatic heterocycles. The van der Waals surface area contributed by atoms with Crippen LogP contribution in [0.15, 0.2) is 54.9 Å². The number of ether oxygens (including phenoxy) is 1. The van der Waals surface area contributed by atoms with Gasteiger partial charge in [-0.1, -0.05) is 18.2 Å². The molecule has 2 saturated heterocycles. The lowest BCUT2D eigenvalue weighted by atomic mass is 9.78. The van der Waals surface area contributed by atoms with Crippen molar-refractivity contribution in [3.63, 3.8) is 0 Å². The zero-order valence-corrected chi connectivity index (χ0v) is 17.4. The number of amides is 2. The van der Waals surface area contributed by atoms with E-state index in [1.54, 1.807) is 31.5 Å². The summed E-state index contributed by atoms with van der Waals surface area (Å²) in [6.45, 7) is 5.33. The summed E-state index contributed by atoms with van der Waals surface area (Å²) in [6, 6.07) is 13.4. The highest BCUT2D eigenvalue weighted by atomic mass is 16.5. The Hall–Kier alpha value is -2.89. The Bertz CT molecular complexity index is 851. The second-order valence-corrected chi connectivity index (χ2v) is 8.34. The van der Waals surface area contributed by atoms with Gasteiger partial charge in [-0.05, 0) is 48.9 Å². The minimum atomic E-state index is 0.0802. The minimum absolute atomic E-state index is 0.0802. The number of likely N-dealkylation sites (tertiary alicyclic amines) is 2. The third-order valence-electron chi connectivity index (χ3n) is 6.50. The molecule has 4 rings (SSSR count). The van der Waals surface area contributed by atoms with E-state index in [-0.39, 0.29) is 11.8 Å². The topological polar surface area (TPSA) is 62.7 Å². The summed E-state index contributed by atoms with van der Waals surface area (Å²) < 4.78 is 6.05. The standard InChI is InChI=1S/C24H29N3O3/c1-18(28)27-15-21(17-30-22-5-3-2-4-6-22)23(16-27)19-9-13-26(14-10-19)24(29)20-7-11-25-12-8-20/h2-8,11-12,19,21,23H,9-10,13-17H2,1H3/t21-,23-/m0/s1. The number of nitrogens with zero attached hydrogens (tertiary/aromatic N) is 3. The fraction of sp³-hybridized carbons (Fsp3) is 0.458. The number of rotatable bonds is 5. The van der Waals surface area contributed by atoms with Gasteiger partial charge < -0.3 is 14.5 Å². The average molecular weight is 408 g/mol. The van der Waals surface area contributed by atoms with Gasteiger partial charge in [0.25, 0.3) is 5.91 Å². The maximum Gasteiger partial charge on any atom is 0.253 e. The molecule has 0 spiro atoms. The van der Waals surface area contributed by atoms with Crippen LogP contribution in [0.4, 0.5) is 0 Å². The van der Waals surface area contributed by atoms with Crippen LogP contribution < -0.4 is 4.74 Å². The molecular weight excluding hydrogens is 378 g/mol.